The summed E-state index contributed by atoms with van der Waals surface area (Å²) in [4.78, 5) is 16.1. The Balaban J connectivity index is 1.50. The van der Waals surface area contributed by atoms with Crippen molar-refractivity contribution in [2.75, 3.05) is 39.4 Å². The lowest BCUT2D eigenvalue weighted by molar-refractivity contribution is -0.122. The fourth-order valence-electron chi connectivity index (χ4n) is 2.49. The fraction of sp³-hybridized carbons (Fsp3) is 0.600. The predicted octanol–water partition coefficient (Wildman–Crippen LogP) is 1.72. The van der Waals surface area contributed by atoms with Crippen molar-refractivity contribution < 1.29 is 9.53 Å². The first kappa shape index (κ1) is 20.2. The summed E-state index contributed by atoms with van der Waals surface area (Å²) in [5.41, 5.74) is 1.30. The number of nitrogens with one attached hydrogen (secondary N) is 3. The van der Waals surface area contributed by atoms with Crippen LogP contribution in [0, 0.1) is 5.92 Å². The molecule has 0 aliphatic heterocycles. The van der Waals surface area contributed by atoms with Gasteiger partial charge in [-0.3, -0.25) is 9.79 Å². The lowest BCUT2D eigenvalue weighted by Crippen LogP contribution is -2.41. The highest BCUT2D eigenvalue weighted by molar-refractivity contribution is 5.81. The van der Waals surface area contributed by atoms with Gasteiger partial charge in [0.2, 0.25) is 5.91 Å². The van der Waals surface area contributed by atoms with Crippen LogP contribution in [0.2, 0.25) is 0 Å². The highest BCUT2D eigenvalue weighted by atomic mass is 16.5. The Kier molecular flexibility index (Phi) is 9.57. The van der Waals surface area contributed by atoms with Crippen LogP contribution in [0.4, 0.5) is 0 Å². The van der Waals surface area contributed by atoms with Gasteiger partial charge in [0.15, 0.2) is 5.96 Å². The Bertz CT molecular complexity index is 544. The summed E-state index contributed by atoms with van der Waals surface area (Å²) in [5.74, 6) is 1.23. The minimum Gasteiger partial charge on any atom is -0.381 e. The molecule has 144 valence electrons. The van der Waals surface area contributed by atoms with Crippen LogP contribution in [-0.4, -0.2) is 51.3 Å². The van der Waals surface area contributed by atoms with Gasteiger partial charge >= 0.3 is 0 Å². The molecule has 0 spiro atoms. The molecule has 0 heterocycles. The molecule has 0 bridgehead atoms. The molecule has 0 radical (unpaired) electrons. The van der Waals surface area contributed by atoms with Gasteiger partial charge in [0.05, 0.1) is 6.61 Å². The standard InChI is InChI=1S/C20H32N4O2/c1-2-21-20(24-14-13-22-19(25)18-9-10-18)23-12-6-15-26-16-11-17-7-4-3-5-8-17/h3-5,7-8,18H,2,6,9-16H2,1H3,(H,22,25)(H2,21,23,24). The van der Waals surface area contributed by atoms with Crippen molar-refractivity contribution in [3.05, 3.63) is 35.9 Å². The number of carbonyl (C=O) groups excluding carboxylic acids is 1. The molecule has 3 N–H and O–H groups in total. The average Bonchev–Trinajstić information content (AvgIpc) is 3.50. The van der Waals surface area contributed by atoms with Crippen molar-refractivity contribution >= 4 is 11.9 Å². The number of hydrogen-bond acceptors (Lipinski definition) is 3. The minimum atomic E-state index is 0.182. The Morgan fingerprint density at radius 2 is 1.88 bits per heavy atom. The predicted molar refractivity (Wildman–Crippen MR) is 105 cm³/mol. The van der Waals surface area contributed by atoms with Gasteiger partial charge in [-0.05, 0) is 38.2 Å². The van der Waals surface area contributed by atoms with Crippen molar-refractivity contribution in [3.63, 3.8) is 0 Å². The summed E-state index contributed by atoms with van der Waals surface area (Å²) in [6.45, 7) is 6.34. The van der Waals surface area contributed by atoms with Crippen LogP contribution >= 0.6 is 0 Å². The smallest absolute Gasteiger partial charge is 0.223 e. The Morgan fingerprint density at radius 1 is 1.12 bits per heavy atom. The number of amides is 1. The fourth-order valence-corrected chi connectivity index (χ4v) is 2.49. The number of nitrogens with zero attached hydrogens (tertiary/aromatic N) is 1. The maximum Gasteiger partial charge on any atom is 0.223 e. The van der Waals surface area contributed by atoms with E-state index in [2.05, 4.69) is 45.2 Å². The molecule has 1 aliphatic carbocycles. The molecule has 26 heavy (non-hydrogen) atoms. The number of aliphatic imine (C=N–C) groups is 1. The van der Waals surface area contributed by atoms with Crippen molar-refractivity contribution in [1.29, 1.82) is 0 Å². The summed E-state index contributed by atoms with van der Waals surface area (Å²) < 4.78 is 5.67. The van der Waals surface area contributed by atoms with E-state index < -0.39 is 0 Å². The third-order valence-corrected chi connectivity index (χ3v) is 4.10. The zero-order chi connectivity index (χ0) is 18.5. The van der Waals surface area contributed by atoms with Gasteiger partial charge in [0.1, 0.15) is 0 Å². The second-order valence-electron chi connectivity index (χ2n) is 6.45. The van der Waals surface area contributed by atoms with Crippen LogP contribution < -0.4 is 16.0 Å². The molecule has 6 heteroatoms. The molecule has 2 rings (SSSR count). The summed E-state index contributed by atoms with van der Waals surface area (Å²) >= 11 is 0. The molecule has 6 nitrogen and oxygen atoms in total. The van der Waals surface area contributed by atoms with Crippen molar-refractivity contribution in [3.8, 4) is 0 Å². The van der Waals surface area contributed by atoms with E-state index in [9.17, 15) is 4.79 Å². The van der Waals surface area contributed by atoms with E-state index in [0.29, 0.717) is 19.7 Å². The Labute approximate surface area is 156 Å². The summed E-state index contributed by atoms with van der Waals surface area (Å²) in [6.07, 6.45) is 3.91. The van der Waals surface area contributed by atoms with E-state index >= 15 is 0 Å². The molecule has 0 atom stereocenters. The van der Waals surface area contributed by atoms with E-state index in [1.54, 1.807) is 0 Å². The molecule has 0 aromatic heterocycles. The van der Waals surface area contributed by atoms with Gasteiger partial charge in [0, 0.05) is 38.7 Å². The first-order valence-electron chi connectivity index (χ1n) is 9.71. The van der Waals surface area contributed by atoms with Crippen LogP contribution in [0.15, 0.2) is 35.3 Å². The van der Waals surface area contributed by atoms with Gasteiger partial charge < -0.3 is 20.7 Å². The molecule has 1 aliphatic rings. The first-order chi connectivity index (χ1) is 12.8. The van der Waals surface area contributed by atoms with Crippen LogP contribution in [0.3, 0.4) is 0 Å². The van der Waals surface area contributed by atoms with E-state index in [-0.39, 0.29) is 11.8 Å². The molecule has 1 amide bonds. The largest absolute Gasteiger partial charge is 0.381 e. The maximum atomic E-state index is 11.6. The van der Waals surface area contributed by atoms with E-state index in [0.717, 1.165) is 51.3 Å². The highest BCUT2D eigenvalue weighted by Crippen LogP contribution is 2.28. The quantitative estimate of drug-likeness (QED) is 0.301. The second-order valence-corrected chi connectivity index (χ2v) is 6.45. The number of benzene rings is 1. The van der Waals surface area contributed by atoms with Crippen LogP contribution in [0.25, 0.3) is 0 Å². The normalized spacial score (nSPS) is 14.1. The summed E-state index contributed by atoms with van der Waals surface area (Å²) in [5, 5.41) is 9.40. The third kappa shape index (κ3) is 8.85. The molecular formula is C20H32N4O2. The van der Waals surface area contributed by atoms with Gasteiger partial charge in [-0.2, -0.15) is 0 Å². The number of guanidine groups is 1. The van der Waals surface area contributed by atoms with Crippen molar-refractivity contribution in [2.45, 2.75) is 32.6 Å². The number of rotatable bonds is 12. The molecular weight excluding hydrogens is 328 g/mol. The van der Waals surface area contributed by atoms with E-state index in [1.807, 2.05) is 13.0 Å². The third-order valence-electron chi connectivity index (χ3n) is 4.10. The average molecular weight is 361 g/mol. The highest BCUT2D eigenvalue weighted by Gasteiger charge is 2.28. The van der Waals surface area contributed by atoms with Gasteiger partial charge in [-0.1, -0.05) is 30.3 Å². The number of carbonyl (C=O) groups is 1. The molecule has 1 saturated carbocycles. The molecule has 0 unspecified atom stereocenters. The van der Waals surface area contributed by atoms with Crippen LogP contribution in [-0.2, 0) is 16.0 Å². The monoisotopic (exact) mass is 360 g/mol. The van der Waals surface area contributed by atoms with Gasteiger partial charge in [0.25, 0.3) is 0 Å². The molecule has 0 saturated heterocycles. The SMILES string of the molecule is CCNC(=NCCCOCCc1ccccc1)NCCNC(=O)C1CC1. The summed E-state index contributed by atoms with van der Waals surface area (Å²) in [7, 11) is 0. The topological polar surface area (TPSA) is 74.8 Å². The van der Waals surface area contributed by atoms with Crippen molar-refractivity contribution in [2.24, 2.45) is 10.9 Å². The van der Waals surface area contributed by atoms with Crippen molar-refractivity contribution in [1.82, 2.24) is 16.0 Å². The molecule has 1 aromatic carbocycles. The number of hydrogen-bond donors (Lipinski definition) is 3. The Morgan fingerprint density at radius 3 is 2.62 bits per heavy atom. The zero-order valence-electron chi connectivity index (χ0n) is 15.8. The lowest BCUT2D eigenvalue weighted by atomic mass is 10.2. The zero-order valence-corrected chi connectivity index (χ0v) is 15.8. The van der Waals surface area contributed by atoms with Crippen LogP contribution in [0.5, 0.6) is 0 Å². The van der Waals surface area contributed by atoms with Gasteiger partial charge in [-0.15, -0.1) is 0 Å². The molecule has 1 fully saturated rings. The second kappa shape index (κ2) is 12.3. The maximum absolute atomic E-state index is 11.6. The lowest BCUT2D eigenvalue weighted by Gasteiger charge is -2.12. The molecule has 1 aromatic rings. The first-order valence-corrected chi connectivity index (χ1v) is 9.71. The van der Waals surface area contributed by atoms with Gasteiger partial charge in [-0.25, -0.2) is 0 Å². The Hall–Kier alpha value is -2.08. The summed E-state index contributed by atoms with van der Waals surface area (Å²) in [6, 6.07) is 10.4. The van der Waals surface area contributed by atoms with Crippen LogP contribution in [0.1, 0.15) is 31.7 Å². The number of ether oxygens (including phenoxy) is 1. The van der Waals surface area contributed by atoms with E-state index in [1.165, 1.54) is 5.56 Å². The minimum absolute atomic E-state index is 0.182. The van der Waals surface area contributed by atoms with E-state index in [4.69, 9.17) is 4.74 Å².